The van der Waals surface area contributed by atoms with Crippen molar-refractivity contribution in [2.45, 2.75) is 6.92 Å². The lowest BCUT2D eigenvalue weighted by molar-refractivity contribution is 0.0951. The van der Waals surface area contributed by atoms with E-state index in [1.165, 1.54) is 4.90 Å². The van der Waals surface area contributed by atoms with Crippen LogP contribution in [-0.2, 0) is 0 Å². The van der Waals surface area contributed by atoms with Crippen LogP contribution in [-0.4, -0.2) is 28.1 Å². The molecule has 110 valence electrons. The number of carbonyl (C=O) groups excluding carboxylic acids is 1. The number of pyridine rings is 1. The summed E-state index contributed by atoms with van der Waals surface area (Å²) in [4.78, 5) is 22.0. The maximum Gasteiger partial charge on any atom is 0.316 e. The number of anilines is 1. The van der Waals surface area contributed by atoms with Crippen molar-refractivity contribution < 1.29 is 9.32 Å². The first-order chi connectivity index (χ1) is 10.7. The number of hydrogen-bond acceptors (Lipinski definition) is 5. The highest BCUT2D eigenvalue weighted by Gasteiger charge is 2.21. The third-order valence-electron chi connectivity index (χ3n) is 3.33. The summed E-state index contributed by atoms with van der Waals surface area (Å²) < 4.78 is 5.09. The summed E-state index contributed by atoms with van der Waals surface area (Å²) in [5.41, 5.74) is 2.54. The van der Waals surface area contributed by atoms with Crippen LogP contribution in [0.15, 0.2) is 53.3 Å². The normalized spacial score (nSPS) is 10.5. The standard InChI is InChI=1S/C16H14N4O2/c1-11-5-3-4-6-13(11)20(2)16(21)15-18-14(19-22-15)12-7-9-17-10-8-12/h3-10H,1-2H3. The first kappa shape index (κ1) is 13.9. The van der Waals surface area contributed by atoms with E-state index < -0.39 is 0 Å². The topological polar surface area (TPSA) is 72.1 Å². The van der Waals surface area contributed by atoms with Gasteiger partial charge in [0.25, 0.3) is 0 Å². The third kappa shape index (κ3) is 2.58. The van der Waals surface area contributed by atoms with Crippen LogP contribution in [0.25, 0.3) is 11.4 Å². The van der Waals surface area contributed by atoms with E-state index in [0.29, 0.717) is 5.82 Å². The number of aryl methyl sites for hydroxylation is 1. The summed E-state index contributed by atoms with van der Waals surface area (Å²) in [5, 5.41) is 3.84. The van der Waals surface area contributed by atoms with Gasteiger partial charge in [-0.2, -0.15) is 4.98 Å². The summed E-state index contributed by atoms with van der Waals surface area (Å²) >= 11 is 0. The summed E-state index contributed by atoms with van der Waals surface area (Å²) in [6.07, 6.45) is 3.26. The number of para-hydroxylation sites is 1. The first-order valence-electron chi connectivity index (χ1n) is 6.74. The SMILES string of the molecule is Cc1ccccc1N(C)C(=O)c1nc(-c2ccncc2)no1. The predicted molar refractivity (Wildman–Crippen MR) is 81.4 cm³/mol. The maximum atomic E-state index is 12.5. The van der Waals surface area contributed by atoms with E-state index in [1.54, 1.807) is 31.6 Å². The Morgan fingerprint density at radius 3 is 2.59 bits per heavy atom. The zero-order chi connectivity index (χ0) is 15.5. The van der Waals surface area contributed by atoms with Crippen molar-refractivity contribution in [3.05, 3.63) is 60.2 Å². The Balaban J connectivity index is 1.87. The highest BCUT2D eigenvalue weighted by molar-refractivity contribution is 6.03. The number of aromatic nitrogens is 3. The molecule has 22 heavy (non-hydrogen) atoms. The zero-order valence-electron chi connectivity index (χ0n) is 12.2. The van der Waals surface area contributed by atoms with Crippen molar-refractivity contribution in [2.75, 3.05) is 11.9 Å². The Labute approximate surface area is 127 Å². The van der Waals surface area contributed by atoms with Crippen LogP contribution in [0.5, 0.6) is 0 Å². The van der Waals surface area contributed by atoms with Gasteiger partial charge in [-0.25, -0.2) is 0 Å². The van der Waals surface area contributed by atoms with Gasteiger partial charge in [0.1, 0.15) is 0 Å². The van der Waals surface area contributed by atoms with E-state index in [9.17, 15) is 4.79 Å². The van der Waals surface area contributed by atoms with E-state index in [1.807, 2.05) is 31.2 Å². The van der Waals surface area contributed by atoms with Crippen LogP contribution < -0.4 is 4.90 Å². The predicted octanol–water partition coefficient (Wildman–Crippen LogP) is 2.72. The maximum absolute atomic E-state index is 12.5. The molecule has 1 aromatic carbocycles. The van der Waals surface area contributed by atoms with Gasteiger partial charge in [0.2, 0.25) is 5.82 Å². The van der Waals surface area contributed by atoms with E-state index in [4.69, 9.17) is 4.52 Å². The molecule has 1 amide bonds. The molecular weight excluding hydrogens is 280 g/mol. The fourth-order valence-corrected chi connectivity index (χ4v) is 2.12. The molecule has 2 heterocycles. The fraction of sp³-hybridized carbons (Fsp3) is 0.125. The molecule has 0 saturated carbocycles. The van der Waals surface area contributed by atoms with Gasteiger partial charge in [0.05, 0.1) is 0 Å². The number of hydrogen-bond donors (Lipinski definition) is 0. The molecular formula is C16H14N4O2. The molecule has 0 aliphatic rings. The second-order valence-electron chi connectivity index (χ2n) is 4.81. The summed E-state index contributed by atoms with van der Waals surface area (Å²) in [6.45, 7) is 1.94. The molecule has 2 aromatic heterocycles. The zero-order valence-corrected chi connectivity index (χ0v) is 12.2. The van der Waals surface area contributed by atoms with Gasteiger partial charge in [-0.3, -0.25) is 9.78 Å². The third-order valence-corrected chi connectivity index (χ3v) is 3.33. The molecule has 6 nitrogen and oxygen atoms in total. The first-order valence-corrected chi connectivity index (χ1v) is 6.74. The van der Waals surface area contributed by atoms with Crippen molar-refractivity contribution in [1.29, 1.82) is 0 Å². The molecule has 3 aromatic rings. The van der Waals surface area contributed by atoms with E-state index in [-0.39, 0.29) is 11.8 Å². The van der Waals surface area contributed by atoms with Crippen LogP contribution in [0.3, 0.4) is 0 Å². The molecule has 0 atom stereocenters. The van der Waals surface area contributed by atoms with Crippen molar-refractivity contribution >= 4 is 11.6 Å². The van der Waals surface area contributed by atoms with E-state index in [2.05, 4.69) is 15.1 Å². The van der Waals surface area contributed by atoms with Crippen molar-refractivity contribution in [2.24, 2.45) is 0 Å². The summed E-state index contributed by atoms with van der Waals surface area (Å²) in [6, 6.07) is 11.1. The minimum atomic E-state index is -0.345. The van der Waals surface area contributed by atoms with Gasteiger partial charge in [-0.05, 0) is 30.7 Å². The lowest BCUT2D eigenvalue weighted by atomic mass is 10.2. The quantitative estimate of drug-likeness (QED) is 0.742. The van der Waals surface area contributed by atoms with Crippen LogP contribution in [0.1, 0.15) is 16.2 Å². The smallest absolute Gasteiger partial charge is 0.316 e. The Morgan fingerprint density at radius 2 is 1.86 bits per heavy atom. The lowest BCUT2D eigenvalue weighted by Gasteiger charge is -2.17. The minimum absolute atomic E-state index is 0.0439. The highest BCUT2D eigenvalue weighted by Crippen LogP contribution is 2.20. The number of amides is 1. The monoisotopic (exact) mass is 294 g/mol. The average molecular weight is 294 g/mol. The molecule has 6 heteroatoms. The summed E-state index contributed by atoms with van der Waals surface area (Å²) in [5.74, 6) is -0.0244. The molecule has 0 aliphatic heterocycles. The van der Waals surface area contributed by atoms with E-state index in [0.717, 1.165) is 16.8 Å². The second kappa shape index (κ2) is 5.77. The molecule has 0 N–H and O–H groups in total. The van der Waals surface area contributed by atoms with Crippen LogP contribution in [0.2, 0.25) is 0 Å². The van der Waals surface area contributed by atoms with Crippen molar-refractivity contribution in [1.82, 2.24) is 15.1 Å². The van der Waals surface area contributed by atoms with Gasteiger partial charge in [0.15, 0.2) is 0 Å². The minimum Gasteiger partial charge on any atom is -0.328 e. The van der Waals surface area contributed by atoms with Crippen molar-refractivity contribution in [3.8, 4) is 11.4 Å². The molecule has 0 bridgehead atoms. The van der Waals surface area contributed by atoms with Crippen LogP contribution >= 0.6 is 0 Å². The van der Waals surface area contributed by atoms with Gasteiger partial charge in [0, 0.05) is 30.7 Å². The largest absolute Gasteiger partial charge is 0.328 e. The number of rotatable bonds is 3. The van der Waals surface area contributed by atoms with Crippen LogP contribution in [0.4, 0.5) is 5.69 Å². The highest BCUT2D eigenvalue weighted by atomic mass is 16.5. The number of benzene rings is 1. The second-order valence-corrected chi connectivity index (χ2v) is 4.81. The molecule has 0 spiro atoms. The van der Waals surface area contributed by atoms with Crippen LogP contribution in [0, 0.1) is 6.92 Å². The Bertz CT molecular complexity index is 799. The van der Waals surface area contributed by atoms with Gasteiger partial charge < -0.3 is 9.42 Å². The molecule has 0 saturated heterocycles. The van der Waals surface area contributed by atoms with Gasteiger partial charge in [-0.1, -0.05) is 23.4 Å². The Hall–Kier alpha value is -3.02. The van der Waals surface area contributed by atoms with Crippen molar-refractivity contribution in [3.63, 3.8) is 0 Å². The molecule has 0 radical (unpaired) electrons. The molecule has 0 aliphatic carbocycles. The molecule has 3 rings (SSSR count). The lowest BCUT2D eigenvalue weighted by Crippen LogP contribution is -2.27. The van der Waals surface area contributed by atoms with Gasteiger partial charge in [-0.15, -0.1) is 0 Å². The number of nitrogens with zero attached hydrogens (tertiary/aromatic N) is 4. The fourth-order valence-electron chi connectivity index (χ4n) is 2.12. The van der Waals surface area contributed by atoms with Gasteiger partial charge >= 0.3 is 11.8 Å². The Kier molecular flexibility index (Phi) is 3.65. The molecule has 0 unspecified atom stereocenters. The average Bonchev–Trinajstić information content (AvgIpc) is 3.05. The number of carbonyl (C=O) groups is 1. The van der Waals surface area contributed by atoms with E-state index >= 15 is 0 Å². The Morgan fingerprint density at radius 1 is 1.14 bits per heavy atom. The molecule has 0 fully saturated rings. The summed E-state index contributed by atoms with van der Waals surface area (Å²) in [7, 11) is 1.68.